The Hall–Kier alpha value is -3.39. The highest BCUT2D eigenvalue weighted by molar-refractivity contribution is 5.91. The molecule has 8 heteroatoms. The van der Waals surface area contributed by atoms with Crippen molar-refractivity contribution in [3.05, 3.63) is 59.7 Å². The topological polar surface area (TPSA) is 116 Å². The lowest BCUT2D eigenvalue weighted by atomic mass is 9.98. The second kappa shape index (κ2) is 8.09. The molecule has 8 nitrogen and oxygen atoms in total. The van der Waals surface area contributed by atoms with Crippen molar-refractivity contribution in [2.24, 2.45) is 11.3 Å². The lowest BCUT2D eigenvalue weighted by Crippen LogP contribution is -2.45. The van der Waals surface area contributed by atoms with Crippen molar-refractivity contribution in [2.75, 3.05) is 13.2 Å². The van der Waals surface area contributed by atoms with Gasteiger partial charge in [-0.2, -0.15) is 0 Å². The number of carboxylic acid groups (broad SMARTS) is 1. The average Bonchev–Trinajstić information content (AvgIpc) is 3.13. The second-order valence-electron chi connectivity index (χ2n) is 10.4. The van der Waals surface area contributed by atoms with Crippen LogP contribution in [0.5, 0.6) is 0 Å². The molecule has 6 rings (SSSR count). The van der Waals surface area contributed by atoms with Crippen LogP contribution < -0.4 is 5.32 Å². The van der Waals surface area contributed by atoms with Crippen LogP contribution in [-0.4, -0.2) is 64.4 Å². The zero-order chi connectivity index (χ0) is 24.3. The number of β-amino-alcohol motifs (C(OH)–C–C–N with tert-alkyl or cyclic N) is 1. The molecule has 1 saturated heterocycles. The molecule has 2 aromatic rings. The minimum Gasteiger partial charge on any atom is -0.480 e. The maximum absolute atomic E-state index is 13.2. The number of alkyl carbamates (subject to hydrolysis) is 1. The van der Waals surface area contributed by atoms with E-state index in [1.807, 2.05) is 24.3 Å². The molecule has 182 valence electrons. The van der Waals surface area contributed by atoms with E-state index in [4.69, 9.17) is 4.74 Å². The van der Waals surface area contributed by atoms with Crippen LogP contribution in [0.1, 0.15) is 42.7 Å². The van der Waals surface area contributed by atoms with Crippen LogP contribution in [0, 0.1) is 11.3 Å². The number of carbonyl (C=O) groups is 3. The Bertz CT molecular complexity index is 1170. The van der Waals surface area contributed by atoms with Crippen LogP contribution in [0.15, 0.2) is 48.5 Å². The van der Waals surface area contributed by atoms with E-state index in [0.29, 0.717) is 19.3 Å². The van der Waals surface area contributed by atoms with Crippen LogP contribution >= 0.6 is 0 Å². The number of hydrogen-bond donors (Lipinski definition) is 3. The molecule has 35 heavy (non-hydrogen) atoms. The molecule has 1 heterocycles. The van der Waals surface area contributed by atoms with Crippen LogP contribution in [0.25, 0.3) is 11.1 Å². The maximum Gasteiger partial charge on any atom is 0.407 e. The number of aliphatic carboxylic acids is 1. The predicted octanol–water partition coefficient (Wildman–Crippen LogP) is 2.74. The van der Waals surface area contributed by atoms with Gasteiger partial charge < -0.3 is 25.2 Å². The van der Waals surface area contributed by atoms with E-state index in [0.717, 1.165) is 11.1 Å². The van der Waals surface area contributed by atoms with Gasteiger partial charge in [-0.15, -0.1) is 0 Å². The molecule has 0 spiro atoms. The monoisotopic (exact) mass is 476 g/mol. The highest BCUT2D eigenvalue weighted by Crippen LogP contribution is 2.64. The second-order valence-corrected chi connectivity index (χ2v) is 10.4. The van der Waals surface area contributed by atoms with Crippen molar-refractivity contribution in [1.29, 1.82) is 0 Å². The Kier molecular flexibility index (Phi) is 5.11. The van der Waals surface area contributed by atoms with Gasteiger partial charge in [0.1, 0.15) is 12.6 Å². The van der Waals surface area contributed by atoms with Gasteiger partial charge >= 0.3 is 12.1 Å². The van der Waals surface area contributed by atoms with E-state index in [9.17, 15) is 24.6 Å². The van der Waals surface area contributed by atoms with Crippen LogP contribution in [0.4, 0.5) is 4.79 Å². The van der Waals surface area contributed by atoms with E-state index in [-0.39, 0.29) is 43.4 Å². The van der Waals surface area contributed by atoms with Gasteiger partial charge in [-0.05, 0) is 47.4 Å². The zero-order valence-electron chi connectivity index (χ0n) is 19.2. The number of aliphatic hydroxyl groups excluding tert-OH is 1. The first-order valence-corrected chi connectivity index (χ1v) is 12.2. The molecule has 1 aliphatic heterocycles. The molecule has 2 aromatic carbocycles. The van der Waals surface area contributed by atoms with Gasteiger partial charge in [-0.1, -0.05) is 48.5 Å². The summed E-state index contributed by atoms with van der Waals surface area (Å²) in [4.78, 5) is 38.8. The molecule has 2 amide bonds. The predicted molar refractivity (Wildman–Crippen MR) is 126 cm³/mol. The average molecular weight is 477 g/mol. The summed E-state index contributed by atoms with van der Waals surface area (Å²) in [5.41, 5.74) is 4.00. The van der Waals surface area contributed by atoms with Gasteiger partial charge in [0.25, 0.3) is 0 Å². The Labute approximate surface area is 202 Å². The highest BCUT2D eigenvalue weighted by Gasteiger charge is 2.67. The summed E-state index contributed by atoms with van der Waals surface area (Å²) in [6, 6.07) is 15.1. The summed E-state index contributed by atoms with van der Waals surface area (Å²) in [5, 5.41) is 22.3. The smallest absolute Gasteiger partial charge is 0.407 e. The number of aliphatic hydroxyl groups is 1. The number of carboxylic acids is 1. The largest absolute Gasteiger partial charge is 0.480 e. The number of nitrogens with one attached hydrogen (secondary N) is 1. The number of rotatable bonds is 5. The minimum absolute atomic E-state index is 0.0207. The van der Waals surface area contributed by atoms with Crippen LogP contribution in [-0.2, 0) is 14.3 Å². The van der Waals surface area contributed by atoms with E-state index >= 15 is 0 Å². The van der Waals surface area contributed by atoms with E-state index < -0.39 is 29.6 Å². The van der Waals surface area contributed by atoms with E-state index in [1.54, 1.807) is 0 Å². The van der Waals surface area contributed by atoms with Crippen LogP contribution in [0.3, 0.4) is 0 Å². The fourth-order valence-corrected chi connectivity index (χ4v) is 6.63. The number of carbonyl (C=O) groups excluding carboxylic acids is 2. The molecule has 4 aliphatic rings. The van der Waals surface area contributed by atoms with Crippen molar-refractivity contribution in [2.45, 2.75) is 49.8 Å². The summed E-state index contributed by atoms with van der Waals surface area (Å²) >= 11 is 0. The van der Waals surface area contributed by atoms with Gasteiger partial charge in [0.05, 0.1) is 11.5 Å². The molecular weight excluding hydrogens is 448 g/mol. The minimum atomic E-state index is -1.09. The summed E-state index contributed by atoms with van der Waals surface area (Å²) in [6.07, 6.45) is 0.589. The number of hydrogen-bond acceptors (Lipinski definition) is 5. The third kappa shape index (κ3) is 3.58. The van der Waals surface area contributed by atoms with Crippen molar-refractivity contribution in [3.63, 3.8) is 0 Å². The standard InChI is InChI=1S/C27H28N2O6/c30-17-10-23(24(31)32)29(13-17)25(33)27-11-15(27)9-16(12-27)28-26(34)35-14-22-20-7-3-1-5-18(20)19-6-2-4-8-21(19)22/h1-8,15-17,22-23,30H,9-14H2,(H,28,34)(H,31,32)/t15-,16+,17?,23?,27+/m1/s1. The molecule has 3 N–H and O–H groups in total. The first-order chi connectivity index (χ1) is 16.9. The molecule has 5 atom stereocenters. The third-order valence-corrected chi connectivity index (χ3v) is 8.33. The number of nitrogens with zero attached hydrogens (tertiary/aromatic N) is 1. The van der Waals surface area contributed by atoms with Crippen molar-refractivity contribution in [3.8, 4) is 11.1 Å². The maximum atomic E-state index is 13.2. The Morgan fingerprint density at radius 1 is 1.00 bits per heavy atom. The third-order valence-electron chi connectivity index (χ3n) is 8.33. The van der Waals surface area contributed by atoms with Gasteiger partial charge in [0.2, 0.25) is 5.91 Å². The first-order valence-electron chi connectivity index (χ1n) is 12.2. The zero-order valence-corrected chi connectivity index (χ0v) is 19.2. The quantitative estimate of drug-likeness (QED) is 0.611. The SMILES string of the molecule is O=C(N[C@H]1C[C@@H]2C[C@]2(C(=O)N2CC(O)CC2C(=O)O)C1)OCC1c2ccccc2-c2ccccc21. The van der Waals surface area contributed by atoms with Gasteiger partial charge in [-0.25, -0.2) is 9.59 Å². The molecule has 3 aliphatic carbocycles. The van der Waals surface area contributed by atoms with Gasteiger partial charge in [-0.3, -0.25) is 4.79 Å². The molecule has 2 saturated carbocycles. The van der Waals surface area contributed by atoms with Gasteiger partial charge in [0.15, 0.2) is 0 Å². The lowest BCUT2D eigenvalue weighted by molar-refractivity contribution is -0.150. The van der Waals surface area contributed by atoms with Crippen LogP contribution in [0.2, 0.25) is 0 Å². The number of fused-ring (bicyclic) bond motifs is 4. The van der Waals surface area contributed by atoms with Gasteiger partial charge in [0, 0.05) is 24.9 Å². The first kappa shape index (κ1) is 22.1. The summed E-state index contributed by atoms with van der Waals surface area (Å²) in [7, 11) is 0. The molecule has 0 aromatic heterocycles. The normalized spacial score (nSPS) is 30.4. The molecule has 0 radical (unpaired) electrons. The Balaban J connectivity index is 1.08. The summed E-state index contributed by atoms with van der Waals surface area (Å²) < 4.78 is 5.65. The fraction of sp³-hybridized carbons (Fsp3) is 0.444. The molecular formula is C27H28N2O6. The summed E-state index contributed by atoms with van der Waals surface area (Å²) in [5.74, 6) is -1.19. The number of ether oxygens (including phenoxy) is 1. The Morgan fingerprint density at radius 2 is 1.66 bits per heavy atom. The van der Waals surface area contributed by atoms with Crippen molar-refractivity contribution in [1.82, 2.24) is 10.2 Å². The molecule has 2 unspecified atom stereocenters. The summed E-state index contributed by atoms with van der Waals surface area (Å²) in [6.45, 7) is 0.279. The number of amides is 2. The lowest BCUT2D eigenvalue weighted by Gasteiger charge is -2.26. The van der Waals surface area contributed by atoms with E-state index in [2.05, 4.69) is 29.6 Å². The fourth-order valence-electron chi connectivity index (χ4n) is 6.63. The molecule has 0 bridgehead atoms. The number of likely N-dealkylation sites (tertiary alicyclic amines) is 1. The van der Waals surface area contributed by atoms with Crippen molar-refractivity contribution >= 4 is 18.0 Å². The Morgan fingerprint density at radius 3 is 2.31 bits per heavy atom. The van der Waals surface area contributed by atoms with E-state index in [1.165, 1.54) is 16.0 Å². The molecule has 3 fully saturated rings. The number of benzene rings is 2. The highest BCUT2D eigenvalue weighted by atomic mass is 16.5. The van der Waals surface area contributed by atoms with Crippen molar-refractivity contribution < 1.29 is 29.3 Å².